The topological polar surface area (TPSA) is 83.5 Å². The first-order chi connectivity index (χ1) is 22.3. The largest absolute Gasteiger partial charge is 0.493 e. The third-order valence-electron chi connectivity index (χ3n) is 7.61. The van der Waals surface area contributed by atoms with Crippen LogP contribution in [-0.4, -0.2) is 41.3 Å². The number of nitrogens with zero attached hydrogens (tertiary/aromatic N) is 1. The molecule has 0 aliphatic rings. The summed E-state index contributed by atoms with van der Waals surface area (Å²) in [5.41, 5.74) is 5.28. The standard InChI is InChI=1S/C37H37F2N3O3S/c1-3-24-8-7-9-25(14-24)22-40-23-34(43)33(17-26-15-30(38)21-31(39)16-26)42-36(44)28-18-27(19-29(20-28)37-41-12-13-46-37)32-10-5-6-11-35(32)45-4-2/h5-16,18-21,33-34,40,43H,3-4,17,22-23H2,1-2H3,(H,42,44)/t33-,34+/m0/s1. The highest BCUT2D eigenvalue weighted by atomic mass is 32.1. The van der Waals surface area contributed by atoms with E-state index in [0.717, 1.165) is 39.7 Å². The number of hydrogen-bond acceptors (Lipinski definition) is 6. The van der Waals surface area contributed by atoms with E-state index in [1.54, 1.807) is 18.3 Å². The number of carbonyl (C=O) groups excluding carboxylic acids is 1. The molecule has 4 aromatic carbocycles. The van der Waals surface area contributed by atoms with Gasteiger partial charge in [0, 0.05) is 47.4 Å². The number of aliphatic hydroxyl groups excluding tert-OH is 1. The van der Waals surface area contributed by atoms with Gasteiger partial charge in [-0.3, -0.25) is 4.79 Å². The molecule has 2 atom stereocenters. The lowest BCUT2D eigenvalue weighted by atomic mass is 9.97. The number of benzene rings is 4. The van der Waals surface area contributed by atoms with Crippen molar-refractivity contribution < 1.29 is 23.4 Å². The minimum Gasteiger partial charge on any atom is -0.493 e. The molecular formula is C37H37F2N3O3S. The molecule has 46 heavy (non-hydrogen) atoms. The normalized spacial score (nSPS) is 12.5. The fraction of sp³-hybridized carbons (Fsp3) is 0.243. The van der Waals surface area contributed by atoms with Crippen LogP contribution in [-0.2, 0) is 19.4 Å². The number of aliphatic hydroxyl groups is 1. The van der Waals surface area contributed by atoms with Crippen molar-refractivity contribution >= 4 is 17.2 Å². The molecule has 1 aromatic heterocycles. The average molecular weight is 642 g/mol. The molecule has 6 nitrogen and oxygen atoms in total. The predicted octanol–water partition coefficient (Wildman–Crippen LogP) is 7.21. The van der Waals surface area contributed by atoms with Crippen molar-refractivity contribution in [2.24, 2.45) is 0 Å². The van der Waals surface area contributed by atoms with Gasteiger partial charge in [-0.05, 0) is 78.4 Å². The number of carbonyl (C=O) groups is 1. The molecule has 0 aliphatic carbocycles. The molecule has 1 heterocycles. The number of halogens is 2. The van der Waals surface area contributed by atoms with Crippen LogP contribution in [0.5, 0.6) is 5.75 Å². The Labute approximate surface area is 272 Å². The van der Waals surface area contributed by atoms with Gasteiger partial charge in [0.25, 0.3) is 5.91 Å². The summed E-state index contributed by atoms with van der Waals surface area (Å²) in [6.07, 6.45) is 1.57. The fourth-order valence-electron chi connectivity index (χ4n) is 5.37. The number of hydrogen-bond donors (Lipinski definition) is 3. The van der Waals surface area contributed by atoms with Crippen LogP contribution in [0, 0.1) is 11.6 Å². The van der Waals surface area contributed by atoms with Crippen LogP contribution in [0.3, 0.4) is 0 Å². The maximum absolute atomic E-state index is 14.1. The summed E-state index contributed by atoms with van der Waals surface area (Å²) < 4.78 is 34.1. The summed E-state index contributed by atoms with van der Waals surface area (Å²) in [6, 6.07) is 23.6. The van der Waals surface area contributed by atoms with E-state index in [1.807, 2.05) is 54.8 Å². The molecule has 5 aromatic rings. The summed E-state index contributed by atoms with van der Waals surface area (Å²) in [5, 5.41) is 20.2. The highest BCUT2D eigenvalue weighted by Gasteiger charge is 2.24. The number of aryl methyl sites for hydroxylation is 1. The second kappa shape index (κ2) is 15.7. The number of ether oxygens (including phenoxy) is 1. The van der Waals surface area contributed by atoms with E-state index in [2.05, 4.69) is 34.7 Å². The van der Waals surface area contributed by atoms with E-state index in [1.165, 1.54) is 29.0 Å². The van der Waals surface area contributed by atoms with E-state index in [0.29, 0.717) is 30.0 Å². The minimum atomic E-state index is -1.06. The van der Waals surface area contributed by atoms with Crippen LogP contribution in [0.4, 0.5) is 8.78 Å². The van der Waals surface area contributed by atoms with Crippen molar-refractivity contribution in [3.05, 3.63) is 130 Å². The van der Waals surface area contributed by atoms with Gasteiger partial charge in [-0.15, -0.1) is 11.3 Å². The van der Waals surface area contributed by atoms with Gasteiger partial charge in [0.05, 0.1) is 18.8 Å². The first kappa shape index (κ1) is 32.9. The van der Waals surface area contributed by atoms with E-state index in [9.17, 15) is 18.7 Å². The summed E-state index contributed by atoms with van der Waals surface area (Å²) in [7, 11) is 0. The van der Waals surface area contributed by atoms with Crippen LogP contribution < -0.4 is 15.4 Å². The summed E-state index contributed by atoms with van der Waals surface area (Å²) >= 11 is 1.45. The summed E-state index contributed by atoms with van der Waals surface area (Å²) in [4.78, 5) is 18.4. The molecule has 0 fully saturated rings. The van der Waals surface area contributed by atoms with E-state index in [4.69, 9.17) is 4.74 Å². The lowest BCUT2D eigenvalue weighted by Gasteiger charge is -2.25. The summed E-state index contributed by atoms with van der Waals surface area (Å²) in [6.45, 7) is 5.14. The van der Waals surface area contributed by atoms with Gasteiger partial charge in [0.1, 0.15) is 22.4 Å². The number of nitrogens with one attached hydrogen (secondary N) is 2. The van der Waals surface area contributed by atoms with Gasteiger partial charge in [-0.2, -0.15) is 0 Å². The predicted molar refractivity (Wildman–Crippen MR) is 179 cm³/mol. The molecule has 1 amide bonds. The number of para-hydroxylation sites is 1. The van der Waals surface area contributed by atoms with Crippen molar-refractivity contribution in [1.82, 2.24) is 15.6 Å². The van der Waals surface area contributed by atoms with E-state index >= 15 is 0 Å². The molecule has 0 spiro atoms. The number of aromatic nitrogens is 1. The monoisotopic (exact) mass is 641 g/mol. The lowest BCUT2D eigenvalue weighted by Crippen LogP contribution is -2.48. The number of amides is 1. The smallest absolute Gasteiger partial charge is 0.251 e. The van der Waals surface area contributed by atoms with Crippen molar-refractivity contribution in [2.75, 3.05) is 13.2 Å². The van der Waals surface area contributed by atoms with Crippen LogP contribution in [0.2, 0.25) is 0 Å². The molecule has 0 radical (unpaired) electrons. The second-order valence-electron chi connectivity index (χ2n) is 11.0. The third kappa shape index (κ3) is 8.63. The Bertz CT molecular complexity index is 1740. The molecule has 0 unspecified atom stereocenters. The number of thiazole rings is 1. The molecule has 0 aliphatic heterocycles. The average Bonchev–Trinajstić information content (AvgIpc) is 3.60. The van der Waals surface area contributed by atoms with Crippen molar-refractivity contribution in [3.63, 3.8) is 0 Å². The Hall–Kier alpha value is -4.44. The van der Waals surface area contributed by atoms with Gasteiger partial charge in [0.2, 0.25) is 0 Å². The zero-order valence-corrected chi connectivity index (χ0v) is 26.6. The Balaban J connectivity index is 1.43. The Morgan fingerprint density at radius 2 is 1.67 bits per heavy atom. The van der Waals surface area contributed by atoms with Crippen LogP contribution in [0.15, 0.2) is 96.5 Å². The van der Waals surface area contributed by atoms with Gasteiger partial charge in [0.15, 0.2) is 0 Å². The quantitative estimate of drug-likeness (QED) is 0.119. The van der Waals surface area contributed by atoms with Crippen molar-refractivity contribution in [2.45, 2.75) is 45.4 Å². The van der Waals surface area contributed by atoms with Crippen molar-refractivity contribution in [1.29, 1.82) is 0 Å². The second-order valence-corrected chi connectivity index (χ2v) is 11.9. The molecule has 0 saturated heterocycles. The van der Waals surface area contributed by atoms with Gasteiger partial charge in [-0.1, -0.05) is 49.4 Å². The molecule has 0 saturated carbocycles. The summed E-state index contributed by atoms with van der Waals surface area (Å²) in [5.74, 6) is -1.20. The van der Waals surface area contributed by atoms with Crippen LogP contribution in [0.1, 0.15) is 40.9 Å². The first-order valence-corrected chi connectivity index (χ1v) is 16.2. The highest BCUT2D eigenvalue weighted by molar-refractivity contribution is 7.13. The molecule has 238 valence electrons. The maximum atomic E-state index is 14.1. The zero-order valence-electron chi connectivity index (χ0n) is 25.8. The molecule has 9 heteroatoms. The van der Waals surface area contributed by atoms with Crippen molar-refractivity contribution in [3.8, 4) is 27.4 Å². The number of rotatable bonds is 14. The van der Waals surface area contributed by atoms with E-state index in [-0.39, 0.29) is 13.0 Å². The highest BCUT2D eigenvalue weighted by Crippen LogP contribution is 2.34. The molecule has 0 bridgehead atoms. The molecular weight excluding hydrogens is 604 g/mol. The van der Waals surface area contributed by atoms with E-state index < -0.39 is 29.7 Å². The van der Waals surface area contributed by atoms with Gasteiger partial charge in [-0.25, -0.2) is 13.8 Å². The Kier molecular flexibility index (Phi) is 11.3. The first-order valence-electron chi connectivity index (χ1n) is 15.3. The van der Waals surface area contributed by atoms with Gasteiger partial charge < -0.3 is 20.5 Å². The fourth-order valence-corrected chi connectivity index (χ4v) is 6.00. The SMILES string of the molecule is CCOc1ccccc1-c1cc(C(=O)N[C@@H](Cc2cc(F)cc(F)c2)[C@H](O)CNCc2cccc(CC)c2)cc(-c2nccs2)c1. The van der Waals surface area contributed by atoms with Crippen LogP contribution in [0.25, 0.3) is 21.7 Å². The Morgan fingerprint density at radius 3 is 2.41 bits per heavy atom. The zero-order chi connectivity index (χ0) is 32.5. The molecule has 3 N–H and O–H groups in total. The maximum Gasteiger partial charge on any atom is 0.251 e. The van der Waals surface area contributed by atoms with Gasteiger partial charge >= 0.3 is 0 Å². The lowest BCUT2D eigenvalue weighted by molar-refractivity contribution is 0.0830. The van der Waals surface area contributed by atoms with Crippen LogP contribution >= 0.6 is 11.3 Å². The Morgan fingerprint density at radius 1 is 0.913 bits per heavy atom. The molecule has 5 rings (SSSR count). The third-order valence-corrected chi connectivity index (χ3v) is 8.44. The minimum absolute atomic E-state index is 0.0147.